The fourth-order valence-electron chi connectivity index (χ4n) is 5.54. The number of piperidine rings is 1. The Morgan fingerprint density at radius 1 is 1.18 bits per heavy atom. The molecule has 3 N–H and O–H groups in total. The van der Waals surface area contributed by atoms with Crippen molar-refractivity contribution in [1.82, 2.24) is 24.8 Å². The molecule has 3 heterocycles. The van der Waals surface area contributed by atoms with Crippen LogP contribution in [0.2, 0.25) is 0 Å². The number of aromatic nitrogens is 2. The lowest BCUT2D eigenvalue weighted by Crippen LogP contribution is -2.63. The van der Waals surface area contributed by atoms with Crippen LogP contribution in [0.25, 0.3) is 11.0 Å². The number of piperazine rings is 1. The van der Waals surface area contributed by atoms with Crippen LogP contribution < -0.4 is 10.4 Å². The summed E-state index contributed by atoms with van der Waals surface area (Å²) < 4.78 is 2.08. The van der Waals surface area contributed by atoms with Gasteiger partial charge in [0.25, 0.3) is 0 Å². The molecule has 2 aliphatic heterocycles. The molecular weight excluding hydrogens is 440 g/mol. The number of carbonyl (C=O) groups excluding carboxylic acids is 2. The molecule has 2 unspecified atom stereocenters. The van der Waals surface area contributed by atoms with Gasteiger partial charge >= 0.3 is 6.09 Å². The Morgan fingerprint density at radius 2 is 1.91 bits per heavy atom. The molecular formula is C23H30N6O5. The molecule has 1 aliphatic carbocycles. The lowest BCUT2D eigenvalue weighted by atomic mass is 9.80. The minimum absolute atomic E-state index is 0.249. The summed E-state index contributed by atoms with van der Waals surface area (Å²) in [7, 11) is 0. The number of carbonyl (C=O) groups is 3. The van der Waals surface area contributed by atoms with Gasteiger partial charge in [0.15, 0.2) is 0 Å². The molecule has 3 aliphatic rings. The zero-order valence-electron chi connectivity index (χ0n) is 19.2. The van der Waals surface area contributed by atoms with E-state index in [1.807, 2.05) is 18.5 Å². The molecule has 5 rings (SSSR count). The molecule has 0 radical (unpaired) electrons. The number of anilines is 1. The Labute approximate surface area is 196 Å². The van der Waals surface area contributed by atoms with Crippen molar-refractivity contribution in [3.8, 4) is 0 Å². The van der Waals surface area contributed by atoms with Gasteiger partial charge < -0.3 is 19.5 Å². The highest BCUT2D eigenvalue weighted by Gasteiger charge is 2.57. The van der Waals surface area contributed by atoms with Gasteiger partial charge in [-0.05, 0) is 49.8 Å². The third kappa shape index (κ3) is 3.83. The topological polar surface area (TPSA) is 131 Å². The second kappa shape index (κ2) is 8.46. The third-order valence-electron chi connectivity index (χ3n) is 7.68. The van der Waals surface area contributed by atoms with Crippen molar-refractivity contribution in [2.24, 2.45) is 11.3 Å². The van der Waals surface area contributed by atoms with Gasteiger partial charge in [0, 0.05) is 45.0 Å². The Bertz CT molecular complexity index is 1120. The summed E-state index contributed by atoms with van der Waals surface area (Å²) in [5.41, 5.74) is 4.44. The van der Waals surface area contributed by atoms with Gasteiger partial charge in [-0.2, -0.15) is 0 Å². The molecule has 1 saturated carbocycles. The van der Waals surface area contributed by atoms with Gasteiger partial charge in [0.05, 0.1) is 23.3 Å². The first-order chi connectivity index (χ1) is 16.4. The molecule has 1 aromatic carbocycles. The van der Waals surface area contributed by atoms with E-state index in [0.29, 0.717) is 32.6 Å². The number of hydrogen-bond donors (Lipinski definition) is 3. The summed E-state index contributed by atoms with van der Waals surface area (Å²) in [4.78, 5) is 47.4. The summed E-state index contributed by atoms with van der Waals surface area (Å²) in [6.45, 7) is 5.18. The van der Waals surface area contributed by atoms with Gasteiger partial charge in [-0.3, -0.25) is 19.7 Å². The number of imidazole rings is 1. The summed E-state index contributed by atoms with van der Waals surface area (Å²) in [5.74, 6) is -1.97. The fourth-order valence-corrected chi connectivity index (χ4v) is 5.54. The van der Waals surface area contributed by atoms with Crippen molar-refractivity contribution < 1.29 is 24.7 Å². The van der Waals surface area contributed by atoms with E-state index in [0.717, 1.165) is 41.0 Å². The van der Waals surface area contributed by atoms with E-state index in [1.165, 1.54) is 0 Å². The van der Waals surface area contributed by atoms with Crippen molar-refractivity contribution in [2.45, 2.75) is 38.8 Å². The monoisotopic (exact) mass is 470 g/mol. The van der Waals surface area contributed by atoms with Crippen molar-refractivity contribution >= 4 is 34.6 Å². The lowest BCUT2D eigenvalue weighted by molar-refractivity contribution is -0.150. The fraction of sp³-hybridized carbons (Fsp3) is 0.565. The minimum Gasteiger partial charge on any atom is -0.465 e. The Hall–Kier alpha value is -3.34. The SMILES string of the molecule is CCn1cnc2ccc(N3CCN(C(=O)C4C(C(=O)NO)CC5(CC5)CN4C(=O)O)CC3)cc21. The maximum absolute atomic E-state index is 13.5. The quantitative estimate of drug-likeness (QED) is 0.454. The summed E-state index contributed by atoms with van der Waals surface area (Å²) in [5, 5.41) is 19.1. The minimum atomic E-state index is -1.21. The number of amides is 3. The van der Waals surface area contributed by atoms with Crippen LogP contribution in [0.4, 0.5) is 10.5 Å². The van der Waals surface area contributed by atoms with E-state index < -0.39 is 24.0 Å². The van der Waals surface area contributed by atoms with Gasteiger partial charge in [0.2, 0.25) is 11.8 Å². The van der Waals surface area contributed by atoms with Crippen molar-refractivity contribution in [1.29, 1.82) is 0 Å². The van der Waals surface area contributed by atoms with E-state index in [2.05, 4.69) is 27.4 Å². The van der Waals surface area contributed by atoms with Crippen molar-refractivity contribution in [3.63, 3.8) is 0 Å². The smallest absolute Gasteiger partial charge is 0.408 e. The summed E-state index contributed by atoms with van der Waals surface area (Å²) in [6, 6.07) is 4.99. The molecule has 3 fully saturated rings. The van der Waals surface area contributed by atoms with E-state index in [-0.39, 0.29) is 17.9 Å². The maximum Gasteiger partial charge on any atom is 0.408 e. The van der Waals surface area contributed by atoms with E-state index >= 15 is 0 Å². The van der Waals surface area contributed by atoms with Crippen LogP contribution in [0.5, 0.6) is 0 Å². The highest BCUT2D eigenvalue weighted by Crippen LogP contribution is 2.55. The molecule has 3 amide bonds. The van der Waals surface area contributed by atoms with E-state index in [4.69, 9.17) is 0 Å². The molecule has 11 heteroatoms. The average molecular weight is 471 g/mol. The Kier molecular flexibility index (Phi) is 5.59. The van der Waals surface area contributed by atoms with Crippen LogP contribution >= 0.6 is 0 Å². The van der Waals surface area contributed by atoms with Crippen LogP contribution in [-0.4, -0.2) is 86.3 Å². The molecule has 1 spiro atoms. The van der Waals surface area contributed by atoms with Crippen LogP contribution in [0.3, 0.4) is 0 Å². The van der Waals surface area contributed by atoms with Crippen LogP contribution in [0.15, 0.2) is 24.5 Å². The standard InChI is InChI=1S/C23H30N6O5/c1-2-26-14-24-17-4-3-15(11-18(17)26)27-7-9-28(10-8-27)21(31)19-16(20(30)25-34)12-23(5-6-23)13-29(19)22(32)33/h3-4,11,14,16,19,34H,2,5-10,12-13H2,1H3,(H,25,30)(H,32,33). The zero-order chi connectivity index (χ0) is 24.0. The number of rotatable bonds is 4. The van der Waals surface area contributed by atoms with E-state index in [1.54, 1.807) is 10.4 Å². The molecule has 2 aromatic rings. The number of benzene rings is 1. The Balaban J connectivity index is 1.32. The highest BCUT2D eigenvalue weighted by molar-refractivity contribution is 5.92. The molecule has 2 atom stereocenters. The largest absolute Gasteiger partial charge is 0.465 e. The number of nitrogens with zero attached hydrogens (tertiary/aromatic N) is 5. The number of carboxylic acid groups (broad SMARTS) is 1. The molecule has 1 aromatic heterocycles. The second-order valence-corrected chi connectivity index (χ2v) is 9.66. The first-order valence-corrected chi connectivity index (χ1v) is 11.8. The third-order valence-corrected chi connectivity index (χ3v) is 7.68. The number of likely N-dealkylation sites (tertiary alicyclic amines) is 1. The van der Waals surface area contributed by atoms with Crippen molar-refractivity contribution in [3.05, 3.63) is 24.5 Å². The van der Waals surface area contributed by atoms with E-state index in [9.17, 15) is 24.7 Å². The number of hydroxylamine groups is 1. The normalized spacial score (nSPS) is 23.9. The molecule has 182 valence electrons. The van der Waals surface area contributed by atoms with Crippen LogP contribution in [0.1, 0.15) is 26.2 Å². The second-order valence-electron chi connectivity index (χ2n) is 9.66. The first-order valence-electron chi connectivity index (χ1n) is 11.8. The van der Waals surface area contributed by atoms with Gasteiger partial charge in [-0.15, -0.1) is 0 Å². The number of nitrogens with one attached hydrogen (secondary N) is 1. The molecule has 2 saturated heterocycles. The predicted octanol–water partition coefficient (Wildman–Crippen LogP) is 1.36. The summed E-state index contributed by atoms with van der Waals surface area (Å²) >= 11 is 0. The first kappa shape index (κ1) is 22.5. The maximum atomic E-state index is 13.5. The van der Waals surface area contributed by atoms with Crippen molar-refractivity contribution in [2.75, 3.05) is 37.6 Å². The van der Waals surface area contributed by atoms with Crippen LogP contribution in [-0.2, 0) is 16.1 Å². The molecule has 34 heavy (non-hydrogen) atoms. The van der Waals surface area contributed by atoms with Gasteiger partial charge in [-0.25, -0.2) is 15.3 Å². The number of hydrogen-bond acceptors (Lipinski definition) is 6. The Morgan fingerprint density at radius 3 is 2.53 bits per heavy atom. The molecule has 11 nitrogen and oxygen atoms in total. The predicted molar refractivity (Wildman–Crippen MR) is 122 cm³/mol. The highest BCUT2D eigenvalue weighted by atomic mass is 16.5. The average Bonchev–Trinajstić information content (AvgIpc) is 3.47. The number of aryl methyl sites for hydroxylation is 1. The van der Waals surface area contributed by atoms with Gasteiger partial charge in [0.1, 0.15) is 6.04 Å². The van der Waals surface area contributed by atoms with Gasteiger partial charge in [-0.1, -0.05) is 0 Å². The van der Waals surface area contributed by atoms with Crippen LogP contribution in [0, 0.1) is 11.3 Å². The lowest BCUT2D eigenvalue weighted by Gasteiger charge is -2.45. The zero-order valence-corrected chi connectivity index (χ0v) is 19.2. The summed E-state index contributed by atoms with van der Waals surface area (Å²) in [6.07, 6.45) is 2.68. The number of fused-ring (bicyclic) bond motifs is 1. The molecule has 0 bridgehead atoms.